The fourth-order valence-electron chi connectivity index (χ4n) is 2.22. The molecule has 2 rings (SSSR count). The number of nitrogens with one attached hydrogen (secondary N) is 1. The van der Waals surface area contributed by atoms with E-state index in [0.29, 0.717) is 6.10 Å². The molecule has 1 N–H and O–H groups in total. The number of hydrogen-bond donors (Lipinski definition) is 1. The lowest BCUT2D eigenvalue weighted by Gasteiger charge is -2.15. The average molecular weight is 267 g/mol. The van der Waals surface area contributed by atoms with Crippen LogP contribution >= 0.6 is 11.3 Å². The highest BCUT2D eigenvalue weighted by Crippen LogP contribution is 2.29. The van der Waals surface area contributed by atoms with Gasteiger partial charge in [-0.05, 0) is 43.4 Å². The van der Waals surface area contributed by atoms with Gasteiger partial charge in [0.25, 0.3) is 0 Å². The zero-order valence-corrected chi connectivity index (χ0v) is 12.6. The Labute approximate surface area is 115 Å². The van der Waals surface area contributed by atoms with Gasteiger partial charge in [0.1, 0.15) is 0 Å². The van der Waals surface area contributed by atoms with Crippen molar-refractivity contribution in [3.8, 4) is 0 Å². The molecule has 1 fully saturated rings. The van der Waals surface area contributed by atoms with Crippen LogP contribution in [0.25, 0.3) is 0 Å². The van der Waals surface area contributed by atoms with Crippen LogP contribution in [0.1, 0.15) is 49.8 Å². The van der Waals surface area contributed by atoms with E-state index >= 15 is 0 Å². The van der Waals surface area contributed by atoms with Crippen LogP contribution in [0.3, 0.4) is 0 Å². The Balaban J connectivity index is 1.68. The Hall–Kier alpha value is -0.380. The standard InChI is InChI=1S/C15H25NOS/c1-15(2,3)14-7-6-13(18-14)11-16-9-8-12-5-4-10-17-12/h6-7,12,16H,4-5,8-11H2,1-3H3. The lowest BCUT2D eigenvalue weighted by atomic mass is 9.95. The van der Waals surface area contributed by atoms with E-state index in [4.69, 9.17) is 4.74 Å². The minimum Gasteiger partial charge on any atom is -0.378 e. The van der Waals surface area contributed by atoms with Gasteiger partial charge in [0.05, 0.1) is 6.10 Å². The van der Waals surface area contributed by atoms with Crippen LogP contribution in [-0.2, 0) is 16.7 Å². The molecule has 2 nitrogen and oxygen atoms in total. The second-order valence-electron chi connectivity index (χ2n) is 6.12. The molecule has 1 aromatic heterocycles. The molecule has 3 heteroatoms. The van der Waals surface area contributed by atoms with Crippen molar-refractivity contribution < 1.29 is 4.74 Å². The van der Waals surface area contributed by atoms with Crippen LogP contribution < -0.4 is 5.32 Å². The normalized spacial score (nSPS) is 20.5. The van der Waals surface area contributed by atoms with Gasteiger partial charge < -0.3 is 10.1 Å². The quantitative estimate of drug-likeness (QED) is 0.821. The SMILES string of the molecule is CC(C)(C)c1ccc(CNCCC2CCCO2)s1. The van der Waals surface area contributed by atoms with Crippen molar-refractivity contribution in [2.24, 2.45) is 0 Å². The molecular formula is C15H25NOS. The third-order valence-electron chi connectivity index (χ3n) is 3.37. The fourth-order valence-corrected chi connectivity index (χ4v) is 3.26. The summed E-state index contributed by atoms with van der Waals surface area (Å²) in [6, 6.07) is 4.52. The zero-order valence-electron chi connectivity index (χ0n) is 11.8. The van der Waals surface area contributed by atoms with Gasteiger partial charge in [0.15, 0.2) is 0 Å². The third-order valence-corrected chi connectivity index (χ3v) is 4.88. The van der Waals surface area contributed by atoms with Crippen LogP contribution in [0, 0.1) is 0 Å². The van der Waals surface area contributed by atoms with Crippen molar-refractivity contribution in [1.82, 2.24) is 5.32 Å². The van der Waals surface area contributed by atoms with E-state index in [1.807, 2.05) is 11.3 Å². The van der Waals surface area contributed by atoms with Gasteiger partial charge in [-0.1, -0.05) is 20.8 Å². The monoisotopic (exact) mass is 267 g/mol. The maximum Gasteiger partial charge on any atom is 0.0588 e. The predicted molar refractivity (Wildman–Crippen MR) is 78.3 cm³/mol. The van der Waals surface area contributed by atoms with Crippen LogP contribution in [0.5, 0.6) is 0 Å². The first-order valence-electron chi connectivity index (χ1n) is 6.97. The van der Waals surface area contributed by atoms with Gasteiger partial charge in [-0.2, -0.15) is 0 Å². The van der Waals surface area contributed by atoms with Gasteiger partial charge >= 0.3 is 0 Å². The molecule has 2 heterocycles. The Morgan fingerprint density at radius 2 is 2.22 bits per heavy atom. The van der Waals surface area contributed by atoms with E-state index in [1.165, 1.54) is 22.6 Å². The first kappa shape index (κ1) is 14.0. The van der Waals surface area contributed by atoms with Crippen molar-refractivity contribution in [2.45, 2.75) is 58.1 Å². The van der Waals surface area contributed by atoms with E-state index in [0.717, 1.165) is 26.1 Å². The molecule has 0 spiro atoms. The van der Waals surface area contributed by atoms with Crippen molar-refractivity contribution in [1.29, 1.82) is 0 Å². The topological polar surface area (TPSA) is 21.3 Å². The summed E-state index contributed by atoms with van der Waals surface area (Å²) < 4.78 is 5.62. The maximum absolute atomic E-state index is 5.62. The van der Waals surface area contributed by atoms with Crippen LogP contribution in [0.2, 0.25) is 0 Å². The van der Waals surface area contributed by atoms with E-state index < -0.39 is 0 Å². The molecular weight excluding hydrogens is 242 g/mol. The molecule has 102 valence electrons. The first-order valence-corrected chi connectivity index (χ1v) is 7.79. The third kappa shape index (κ3) is 4.08. The van der Waals surface area contributed by atoms with E-state index in [9.17, 15) is 0 Å². The van der Waals surface area contributed by atoms with Gasteiger partial charge in [-0.15, -0.1) is 11.3 Å². The smallest absolute Gasteiger partial charge is 0.0588 e. The molecule has 1 aliphatic heterocycles. The molecule has 0 amide bonds. The van der Waals surface area contributed by atoms with Crippen molar-refractivity contribution >= 4 is 11.3 Å². The molecule has 18 heavy (non-hydrogen) atoms. The molecule has 1 aliphatic rings. The first-order chi connectivity index (χ1) is 8.55. The predicted octanol–water partition coefficient (Wildman–Crippen LogP) is 3.70. The van der Waals surface area contributed by atoms with Crippen molar-refractivity contribution in [3.05, 3.63) is 21.9 Å². The Morgan fingerprint density at radius 1 is 1.39 bits per heavy atom. The summed E-state index contributed by atoms with van der Waals surface area (Å²) >= 11 is 1.93. The van der Waals surface area contributed by atoms with Gasteiger partial charge in [0.2, 0.25) is 0 Å². The summed E-state index contributed by atoms with van der Waals surface area (Å²) in [5.74, 6) is 0. The molecule has 1 unspecified atom stereocenters. The van der Waals surface area contributed by atoms with Crippen molar-refractivity contribution in [3.63, 3.8) is 0 Å². The van der Waals surface area contributed by atoms with Gasteiger partial charge in [-0.3, -0.25) is 0 Å². The Morgan fingerprint density at radius 3 is 2.83 bits per heavy atom. The number of rotatable bonds is 5. The Bertz CT molecular complexity index is 361. The number of thiophene rings is 1. The lowest BCUT2D eigenvalue weighted by Crippen LogP contribution is -2.19. The van der Waals surface area contributed by atoms with E-state index in [1.54, 1.807) is 0 Å². The summed E-state index contributed by atoms with van der Waals surface area (Å²) in [6.45, 7) is 9.83. The maximum atomic E-state index is 5.62. The molecule has 0 aliphatic carbocycles. The Kier molecular flexibility index (Phi) is 4.82. The summed E-state index contributed by atoms with van der Waals surface area (Å²) in [6.07, 6.45) is 4.14. The highest BCUT2D eigenvalue weighted by atomic mass is 32.1. The van der Waals surface area contributed by atoms with Gasteiger partial charge in [0, 0.05) is 22.9 Å². The zero-order chi connectivity index (χ0) is 13.0. The highest BCUT2D eigenvalue weighted by molar-refractivity contribution is 7.12. The summed E-state index contributed by atoms with van der Waals surface area (Å²) in [5.41, 5.74) is 0.278. The second-order valence-corrected chi connectivity index (χ2v) is 7.28. The van der Waals surface area contributed by atoms with Crippen LogP contribution in [0.4, 0.5) is 0 Å². The largest absolute Gasteiger partial charge is 0.378 e. The summed E-state index contributed by atoms with van der Waals surface area (Å²) in [5, 5.41) is 3.52. The molecule has 0 saturated carbocycles. The lowest BCUT2D eigenvalue weighted by molar-refractivity contribution is 0.104. The van der Waals surface area contributed by atoms with Crippen molar-refractivity contribution in [2.75, 3.05) is 13.2 Å². The molecule has 0 radical (unpaired) electrons. The molecule has 1 aromatic rings. The van der Waals surface area contributed by atoms with Crippen LogP contribution in [-0.4, -0.2) is 19.3 Å². The minimum atomic E-state index is 0.278. The summed E-state index contributed by atoms with van der Waals surface area (Å²) in [4.78, 5) is 2.91. The van der Waals surface area contributed by atoms with E-state index in [-0.39, 0.29) is 5.41 Å². The molecule has 0 bridgehead atoms. The number of hydrogen-bond acceptors (Lipinski definition) is 3. The fraction of sp³-hybridized carbons (Fsp3) is 0.733. The molecule has 1 atom stereocenters. The van der Waals surface area contributed by atoms with Crippen LogP contribution in [0.15, 0.2) is 12.1 Å². The highest BCUT2D eigenvalue weighted by Gasteiger charge is 2.16. The molecule has 1 saturated heterocycles. The second kappa shape index (κ2) is 6.18. The average Bonchev–Trinajstić information content (AvgIpc) is 2.95. The minimum absolute atomic E-state index is 0.278. The van der Waals surface area contributed by atoms with E-state index in [2.05, 4.69) is 38.2 Å². The molecule has 0 aromatic carbocycles. The number of ether oxygens (including phenoxy) is 1. The summed E-state index contributed by atoms with van der Waals surface area (Å²) in [7, 11) is 0. The van der Waals surface area contributed by atoms with Gasteiger partial charge in [-0.25, -0.2) is 0 Å².